The third-order valence-corrected chi connectivity index (χ3v) is 2.84. The van der Waals surface area contributed by atoms with E-state index in [1.54, 1.807) is 29.4 Å². The highest BCUT2D eigenvalue weighted by Crippen LogP contribution is 2.25. The molecular weight excluding hydrogens is 192 g/mol. The van der Waals surface area contributed by atoms with Gasteiger partial charge in [0.2, 0.25) is 0 Å². The maximum Gasteiger partial charge on any atom is 0.254 e. The minimum Gasteiger partial charge on any atom is -0.386 e. The second-order valence-corrected chi connectivity index (χ2v) is 3.97. The molecular formula is C11H14N2O2. The molecule has 0 radical (unpaired) electrons. The van der Waals surface area contributed by atoms with Crippen LogP contribution in [0, 0.1) is 0 Å². The van der Waals surface area contributed by atoms with Gasteiger partial charge in [0, 0.05) is 18.0 Å². The number of hydrogen-bond donors (Lipinski definition) is 1. The topological polar surface area (TPSA) is 53.4 Å². The number of rotatable bonds is 2. The quantitative estimate of drug-likeness (QED) is 0.774. The molecule has 0 spiro atoms. The van der Waals surface area contributed by atoms with E-state index < -0.39 is 5.60 Å². The van der Waals surface area contributed by atoms with E-state index in [0.29, 0.717) is 25.1 Å². The van der Waals surface area contributed by atoms with Crippen molar-refractivity contribution >= 4 is 5.91 Å². The summed E-state index contributed by atoms with van der Waals surface area (Å²) in [6.07, 6.45) is 3.88. The predicted molar refractivity (Wildman–Crippen MR) is 55.4 cm³/mol. The summed E-state index contributed by atoms with van der Waals surface area (Å²) in [4.78, 5) is 17.3. The standard InChI is InChI=1S/C11H14N2O2/c1-2-11(15)7-13(8-11)10(14)9-3-5-12-6-4-9/h3-6,15H,2,7-8H2,1H3. The Bertz CT molecular complexity index is 358. The highest BCUT2D eigenvalue weighted by molar-refractivity contribution is 5.94. The molecule has 0 unspecified atom stereocenters. The monoisotopic (exact) mass is 206 g/mol. The van der Waals surface area contributed by atoms with Crippen LogP contribution >= 0.6 is 0 Å². The van der Waals surface area contributed by atoms with E-state index in [1.165, 1.54) is 0 Å². The first-order chi connectivity index (χ1) is 7.14. The maximum atomic E-state index is 11.8. The Balaban J connectivity index is 2.01. The van der Waals surface area contributed by atoms with Gasteiger partial charge in [-0.3, -0.25) is 9.78 Å². The fourth-order valence-corrected chi connectivity index (χ4v) is 1.71. The van der Waals surface area contributed by atoms with Crippen LogP contribution in [-0.2, 0) is 0 Å². The minimum atomic E-state index is -0.664. The van der Waals surface area contributed by atoms with Gasteiger partial charge in [0.25, 0.3) is 5.91 Å². The Morgan fingerprint density at radius 3 is 2.67 bits per heavy atom. The van der Waals surface area contributed by atoms with Crippen molar-refractivity contribution in [3.63, 3.8) is 0 Å². The van der Waals surface area contributed by atoms with E-state index >= 15 is 0 Å². The molecule has 15 heavy (non-hydrogen) atoms. The number of amides is 1. The van der Waals surface area contributed by atoms with Gasteiger partial charge in [0.15, 0.2) is 0 Å². The highest BCUT2D eigenvalue weighted by atomic mass is 16.3. The van der Waals surface area contributed by atoms with Crippen molar-refractivity contribution in [1.29, 1.82) is 0 Å². The van der Waals surface area contributed by atoms with E-state index in [1.807, 2.05) is 6.92 Å². The molecule has 80 valence electrons. The molecule has 1 N–H and O–H groups in total. The average molecular weight is 206 g/mol. The van der Waals surface area contributed by atoms with Crippen molar-refractivity contribution in [3.05, 3.63) is 30.1 Å². The third-order valence-electron chi connectivity index (χ3n) is 2.84. The molecule has 1 aliphatic rings. The number of carbonyl (C=O) groups is 1. The molecule has 1 aromatic rings. The Labute approximate surface area is 88.6 Å². The zero-order chi connectivity index (χ0) is 10.9. The third kappa shape index (κ3) is 1.85. The number of hydrogen-bond acceptors (Lipinski definition) is 3. The molecule has 1 fully saturated rings. The van der Waals surface area contributed by atoms with Crippen molar-refractivity contribution in [1.82, 2.24) is 9.88 Å². The van der Waals surface area contributed by atoms with Gasteiger partial charge < -0.3 is 10.0 Å². The summed E-state index contributed by atoms with van der Waals surface area (Å²) in [5, 5.41) is 9.78. The van der Waals surface area contributed by atoms with Crippen LogP contribution in [-0.4, -0.2) is 39.6 Å². The maximum absolute atomic E-state index is 11.8. The summed E-state index contributed by atoms with van der Waals surface area (Å²) >= 11 is 0. The van der Waals surface area contributed by atoms with Gasteiger partial charge in [-0.25, -0.2) is 0 Å². The van der Waals surface area contributed by atoms with Crippen LogP contribution in [0.4, 0.5) is 0 Å². The van der Waals surface area contributed by atoms with Gasteiger partial charge in [0.05, 0.1) is 18.7 Å². The fraction of sp³-hybridized carbons (Fsp3) is 0.455. The van der Waals surface area contributed by atoms with Crippen LogP contribution < -0.4 is 0 Å². The van der Waals surface area contributed by atoms with Crippen LogP contribution in [0.3, 0.4) is 0 Å². The van der Waals surface area contributed by atoms with Gasteiger partial charge in [-0.1, -0.05) is 6.92 Å². The zero-order valence-electron chi connectivity index (χ0n) is 8.68. The molecule has 1 amide bonds. The van der Waals surface area contributed by atoms with Crippen molar-refractivity contribution in [2.45, 2.75) is 18.9 Å². The van der Waals surface area contributed by atoms with E-state index in [9.17, 15) is 9.90 Å². The van der Waals surface area contributed by atoms with Crippen molar-refractivity contribution in [3.8, 4) is 0 Å². The molecule has 2 heterocycles. The molecule has 0 aliphatic carbocycles. The Hall–Kier alpha value is -1.42. The number of pyridine rings is 1. The summed E-state index contributed by atoms with van der Waals surface area (Å²) in [6, 6.07) is 3.37. The fourth-order valence-electron chi connectivity index (χ4n) is 1.71. The predicted octanol–water partition coefficient (Wildman–Crippen LogP) is 0.679. The molecule has 2 rings (SSSR count). The summed E-state index contributed by atoms with van der Waals surface area (Å²) in [5.74, 6) is -0.0319. The van der Waals surface area contributed by atoms with Gasteiger partial charge in [-0.05, 0) is 18.6 Å². The lowest BCUT2D eigenvalue weighted by molar-refractivity contribution is -0.0826. The van der Waals surface area contributed by atoms with Crippen LogP contribution in [0.5, 0.6) is 0 Å². The summed E-state index contributed by atoms with van der Waals surface area (Å²) in [6.45, 7) is 2.80. The number of likely N-dealkylation sites (tertiary alicyclic amines) is 1. The summed E-state index contributed by atoms with van der Waals surface area (Å²) in [5.41, 5.74) is -0.0361. The largest absolute Gasteiger partial charge is 0.386 e. The van der Waals surface area contributed by atoms with Gasteiger partial charge in [-0.2, -0.15) is 0 Å². The molecule has 0 bridgehead atoms. The molecule has 0 atom stereocenters. The number of aliphatic hydroxyl groups is 1. The van der Waals surface area contributed by atoms with E-state index in [0.717, 1.165) is 0 Å². The Kier molecular flexibility index (Phi) is 2.44. The number of β-amino-alcohol motifs (C(OH)–C–C–N with tert-alkyl or cyclic N) is 1. The lowest BCUT2D eigenvalue weighted by atomic mass is 9.91. The normalized spacial score (nSPS) is 18.4. The van der Waals surface area contributed by atoms with Crippen LogP contribution in [0.1, 0.15) is 23.7 Å². The number of nitrogens with zero attached hydrogens (tertiary/aromatic N) is 2. The lowest BCUT2D eigenvalue weighted by Crippen LogP contribution is -2.63. The lowest BCUT2D eigenvalue weighted by Gasteiger charge is -2.46. The minimum absolute atomic E-state index is 0.0319. The Morgan fingerprint density at radius 1 is 1.53 bits per heavy atom. The molecule has 1 saturated heterocycles. The molecule has 1 aromatic heterocycles. The molecule has 1 aliphatic heterocycles. The molecule has 4 nitrogen and oxygen atoms in total. The smallest absolute Gasteiger partial charge is 0.254 e. The van der Waals surface area contributed by atoms with Crippen molar-refractivity contribution < 1.29 is 9.90 Å². The van der Waals surface area contributed by atoms with Gasteiger partial charge >= 0.3 is 0 Å². The first-order valence-corrected chi connectivity index (χ1v) is 5.06. The van der Waals surface area contributed by atoms with Gasteiger partial charge in [-0.15, -0.1) is 0 Å². The SMILES string of the molecule is CCC1(O)CN(C(=O)c2ccncc2)C1. The first kappa shape index (κ1) is 10.1. The molecule has 4 heteroatoms. The zero-order valence-corrected chi connectivity index (χ0v) is 8.68. The average Bonchev–Trinajstić information content (AvgIpc) is 2.25. The first-order valence-electron chi connectivity index (χ1n) is 5.06. The van der Waals surface area contributed by atoms with Crippen LogP contribution in [0.2, 0.25) is 0 Å². The van der Waals surface area contributed by atoms with E-state index in [2.05, 4.69) is 4.98 Å². The van der Waals surface area contributed by atoms with Crippen molar-refractivity contribution in [2.75, 3.05) is 13.1 Å². The number of aromatic nitrogens is 1. The van der Waals surface area contributed by atoms with Crippen LogP contribution in [0.25, 0.3) is 0 Å². The number of carbonyl (C=O) groups excluding carboxylic acids is 1. The van der Waals surface area contributed by atoms with Crippen LogP contribution in [0.15, 0.2) is 24.5 Å². The molecule has 0 saturated carbocycles. The van der Waals surface area contributed by atoms with Crippen molar-refractivity contribution in [2.24, 2.45) is 0 Å². The summed E-state index contributed by atoms with van der Waals surface area (Å²) < 4.78 is 0. The van der Waals surface area contributed by atoms with E-state index in [-0.39, 0.29) is 5.91 Å². The summed E-state index contributed by atoms with van der Waals surface area (Å²) in [7, 11) is 0. The Morgan fingerprint density at radius 2 is 2.13 bits per heavy atom. The molecule has 0 aromatic carbocycles. The second-order valence-electron chi connectivity index (χ2n) is 3.97. The highest BCUT2D eigenvalue weighted by Gasteiger charge is 2.42. The second kappa shape index (κ2) is 3.62. The van der Waals surface area contributed by atoms with E-state index in [4.69, 9.17) is 0 Å². The van der Waals surface area contributed by atoms with Gasteiger partial charge in [0.1, 0.15) is 0 Å².